The molecule has 4 bridgehead atoms. The van der Waals surface area contributed by atoms with Crippen molar-refractivity contribution in [2.24, 2.45) is 29.6 Å². The molecule has 0 aromatic heterocycles. The van der Waals surface area contributed by atoms with E-state index in [9.17, 15) is 9.59 Å². The molecule has 6 fully saturated rings. The number of carbonyl (C=O) groups excluding carboxylic acids is 2. The zero-order valence-corrected chi connectivity index (χ0v) is 14.0. The van der Waals surface area contributed by atoms with Crippen LogP contribution < -0.4 is 0 Å². The zero-order valence-electron chi connectivity index (χ0n) is 14.0. The SMILES string of the molecule is CC(C)N1C[C@H]2CC(C1=O)C2CC(C)N1CC2CC(C2)C1=O. The molecule has 2 amide bonds. The Bertz CT molecular complexity index is 497. The van der Waals surface area contributed by atoms with Crippen LogP contribution in [0.5, 0.6) is 0 Å². The second-order valence-electron chi connectivity index (χ2n) is 8.46. The van der Waals surface area contributed by atoms with Crippen molar-refractivity contribution >= 4 is 11.8 Å². The molecule has 4 atom stereocenters. The van der Waals surface area contributed by atoms with Crippen LogP contribution in [0.4, 0.5) is 0 Å². The predicted octanol–water partition coefficient (Wildman–Crippen LogP) is 2.14. The summed E-state index contributed by atoms with van der Waals surface area (Å²) in [6.45, 7) is 8.31. The average Bonchev–Trinajstić information content (AvgIpc) is 2.42. The Balaban J connectivity index is 1.39. The van der Waals surface area contributed by atoms with Crippen LogP contribution in [-0.2, 0) is 9.59 Å². The summed E-state index contributed by atoms with van der Waals surface area (Å²) in [4.78, 5) is 29.1. The summed E-state index contributed by atoms with van der Waals surface area (Å²) in [7, 11) is 0. The maximum absolute atomic E-state index is 12.5. The highest BCUT2D eigenvalue weighted by atomic mass is 16.2. The number of carbonyl (C=O) groups is 2. The van der Waals surface area contributed by atoms with Gasteiger partial charge in [-0.3, -0.25) is 9.59 Å². The Hall–Kier alpha value is -1.06. The first kappa shape index (κ1) is 14.5. The molecule has 2 saturated carbocycles. The Labute approximate surface area is 133 Å². The molecule has 3 unspecified atom stereocenters. The van der Waals surface area contributed by atoms with Gasteiger partial charge in [0.15, 0.2) is 0 Å². The number of amides is 2. The quantitative estimate of drug-likeness (QED) is 0.798. The van der Waals surface area contributed by atoms with E-state index >= 15 is 0 Å². The molecule has 0 aromatic rings. The summed E-state index contributed by atoms with van der Waals surface area (Å²) < 4.78 is 0. The molecule has 4 heteroatoms. The van der Waals surface area contributed by atoms with E-state index in [1.54, 1.807) is 0 Å². The third-order valence-corrected chi connectivity index (χ3v) is 6.80. The van der Waals surface area contributed by atoms with Gasteiger partial charge in [0.05, 0.1) is 0 Å². The lowest BCUT2D eigenvalue weighted by atomic mass is 9.59. The van der Waals surface area contributed by atoms with Crippen molar-refractivity contribution < 1.29 is 9.59 Å². The summed E-state index contributed by atoms with van der Waals surface area (Å²) in [5, 5.41) is 0. The third-order valence-electron chi connectivity index (χ3n) is 6.80. The van der Waals surface area contributed by atoms with Gasteiger partial charge in [0.25, 0.3) is 0 Å². The molecule has 4 heterocycles. The Morgan fingerprint density at radius 2 is 1.73 bits per heavy atom. The first-order valence-corrected chi connectivity index (χ1v) is 9.06. The summed E-state index contributed by atoms with van der Waals surface area (Å²) in [5.41, 5.74) is 0. The van der Waals surface area contributed by atoms with Gasteiger partial charge in [0, 0.05) is 37.0 Å². The Morgan fingerprint density at radius 1 is 1.00 bits per heavy atom. The van der Waals surface area contributed by atoms with Crippen molar-refractivity contribution in [1.82, 2.24) is 9.80 Å². The number of hydrogen-bond acceptors (Lipinski definition) is 2. The molecule has 2 aliphatic carbocycles. The van der Waals surface area contributed by atoms with Crippen LogP contribution in [0.1, 0.15) is 46.5 Å². The van der Waals surface area contributed by atoms with Crippen LogP contribution in [0, 0.1) is 29.6 Å². The van der Waals surface area contributed by atoms with Crippen molar-refractivity contribution in [3.05, 3.63) is 0 Å². The Morgan fingerprint density at radius 3 is 2.32 bits per heavy atom. The van der Waals surface area contributed by atoms with Crippen LogP contribution in [0.2, 0.25) is 0 Å². The maximum Gasteiger partial charge on any atom is 0.226 e. The first-order valence-electron chi connectivity index (χ1n) is 9.06. The first-order chi connectivity index (χ1) is 10.5. The van der Waals surface area contributed by atoms with Gasteiger partial charge >= 0.3 is 0 Å². The topological polar surface area (TPSA) is 40.6 Å². The fraction of sp³-hybridized carbons (Fsp3) is 0.889. The fourth-order valence-corrected chi connectivity index (χ4v) is 5.29. The van der Waals surface area contributed by atoms with Gasteiger partial charge in [-0.2, -0.15) is 0 Å². The second-order valence-corrected chi connectivity index (χ2v) is 8.46. The lowest BCUT2D eigenvalue weighted by molar-refractivity contribution is -0.164. The molecule has 0 spiro atoms. The van der Waals surface area contributed by atoms with Crippen molar-refractivity contribution in [3.63, 3.8) is 0 Å². The lowest BCUT2D eigenvalue weighted by Crippen LogP contribution is -2.62. The number of fused-ring (bicyclic) bond motifs is 4. The monoisotopic (exact) mass is 304 g/mol. The van der Waals surface area contributed by atoms with Crippen LogP contribution in [0.3, 0.4) is 0 Å². The van der Waals surface area contributed by atoms with E-state index in [2.05, 4.69) is 30.6 Å². The highest BCUT2D eigenvalue weighted by molar-refractivity contribution is 5.82. The van der Waals surface area contributed by atoms with Crippen LogP contribution in [0.25, 0.3) is 0 Å². The van der Waals surface area contributed by atoms with Crippen molar-refractivity contribution in [1.29, 1.82) is 0 Å². The van der Waals surface area contributed by atoms with Crippen molar-refractivity contribution in [2.45, 2.75) is 58.5 Å². The van der Waals surface area contributed by atoms with E-state index in [4.69, 9.17) is 0 Å². The molecule has 0 aromatic carbocycles. The average molecular weight is 304 g/mol. The normalized spacial score (nSPS) is 41.4. The van der Waals surface area contributed by atoms with Crippen molar-refractivity contribution in [2.75, 3.05) is 13.1 Å². The minimum atomic E-state index is 0.234. The predicted molar refractivity (Wildman–Crippen MR) is 83.9 cm³/mol. The number of rotatable bonds is 4. The van der Waals surface area contributed by atoms with Gasteiger partial charge in [-0.1, -0.05) is 0 Å². The molecule has 4 aliphatic heterocycles. The molecule has 0 radical (unpaired) electrons. The molecule has 4 nitrogen and oxygen atoms in total. The van der Waals surface area contributed by atoms with Crippen LogP contribution in [0.15, 0.2) is 0 Å². The molecule has 6 aliphatic rings. The third kappa shape index (κ3) is 2.02. The van der Waals surface area contributed by atoms with E-state index in [1.807, 2.05) is 0 Å². The number of piperidine rings is 4. The Kier molecular flexibility index (Phi) is 3.28. The fourth-order valence-electron chi connectivity index (χ4n) is 5.29. The molecule has 122 valence electrons. The highest BCUT2D eigenvalue weighted by Gasteiger charge is 2.53. The van der Waals surface area contributed by atoms with Gasteiger partial charge in [-0.15, -0.1) is 0 Å². The molecule has 22 heavy (non-hydrogen) atoms. The van der Waals surface area contributed by atoms with E-state index in [0.29, 0.717) is 41.7 Å². The minimum absolute atomic E-state index is 0.234. The zero-order chi connectivity index (χ0) is 15.6. The van der Waals surface area contributed by atoms with Crippen LogP contribution in [-0.4, -0.2) is 46.8 Å². The standard InChI is InChI=1S/C18H28N2O2/c1-10(2)19-9-14-7-16(18(19)22)15(14)4-11(3)20-8-12-5-13(6-12)17(20)21/h10-16H,4-9H2,1-3H3/t11?,12?,13?,14-,15?,16?/m1/s1. The largest absolute Gasteiger partial charge is 0.340 e. The van der Waals surface area contributed by atoms with Crippen molar-refractivity contribution in [3.8, 4) is 0 Å². The van der Waals surface area contributed by atoms with Gasteiger partial charge in [0.2, 0.25) is 11.8 Å². The molecular formula is C18H28N2O2. The summed E-state index contributed by atoms with van der Waals surface area (Å²) in [5.74, 6) is 3.24. The minimum Gasteiger partial charge on any atom is -0.340 e. The highest BCUT2D eigenvalue weighted by Crippen LogP contribution is 2.50. The van der Waals surface area contributed by atoms with Gasteiger partial charge in [-0.25, -0.2) is 0 Å². The van der Waals surface area contributed by atoms with E-state index in [-0.39, 0.29) is 5.92 Å². The number of hydrogen-bond donors (Lipinski definition) is 0. The number of nitrogens with zero attached hydrogens (tertiary/aromatic N) is 2. The van der Waals surface area contributed by atoms with Gasteiger partial charge in [0.1, 0.15) is 0 Å². The maximum atomic E-state index is 12.5. The lowest BCUT2D eigenvalue weighted by Gasteiger charge is -2.56. The van der Waals surface area contributed by atoms with E-state index < -0.39 is 0 Å². The molecule has 4 saturated heterocycles. The van der Waals surface area contributed by atoms with Crippen LogP contribution >= 0.6 is 0 Å². The second kappa shape index (κ2) is 4.97. The van der Waals surface area contributed by atoms with Gasteiger partial charge in [-0.05, 0) is 64.2 Å². The van der Waals surface area contributed by atoms with E-state index in [1.165, 1.54) is 0 Å². The molecule has 0 N–H and O–H groups in total. The molecular weight excluding hydrogens is 276 g/mol. The summed E-state index contributed by atoms with van der Waals surface area (Å²) >= 11 is 0. The summed E-state index contributed by atoms with van der Waals surface area (Å²) in [6, 6.07) is 0.638. The van der Waals surface area contributed by atoms with Gasteiger partial charge < -0.3 is 9.80 Å². The smallest absolute Gasteiger partial charge is 0.226 e. The van der Waals surface area contributed by atoms with E-state index in [0.717, 1.165) is 44.7 Å². The molecule has 6 rings (SSSR count). The summed E-state index contributed by atoms with van der Waals surface area (Å²) in [6.07, 6.45) is 4.36.